The molecular formula is C13H13BrFNO2. The lowest BCUT2D eigenvalue weighted by molar-refractivity contribution is -0.114. The van der Waals surface area contributed by atoms with Crippen LogP contribution >= 0.6 is 15.9 Å². The molecule has 0 saturated carbocycles. The van der Waals surface area contributed by atoms with E-state index in [1.165, 1.54) is 11.0 Å². The number of hydrogen-bond donors (Lipinski definition) is 0. The van der Waals surface area contributed by atoms with Gasteiger partial charge in [0.15, 0.2) is 0 Å². The topological polar surface area (TPSA) is 37.4 Å². The molecule has 96 valence electrons. The van der Waals surface area contributed by atoms with Crippen LogP contribution in [0.4, 0.5) is 10.1 Å². The summed E-state index contributed by atoms with van der Waals surface area (Å²) in [5.41, 5.74) is 0.658. The Bertz CT molecular complexity index is 516. The largest absolute Gasteiger partial charge is 0.304 e. The highest BCUT2D eigenvalue weighted by Crippen LogP contribution is 2.37. The van der Waals surface area contributed by atoms with E-state index in [1.54, 1.807) is 0 Å². The number of carbonyl (C=O) groups is 2. The Balaban J connectivity index is 2.36. The Morgan fingerprint density at radius 2 is 2.00 bits per heavy atom. The molecule has 0 N–H and O–H groups in total. The zero-order valence-corrected chi connectivity index (χ0v) is 11.6. The second-order valence-electron chi connectivity index (χ2n) is 4.28. The third-order valence-electron chi connectivity index (χ3n) is 2.97. The van der Waals surface area contributed by atoms with Crippen molar-refractivity contribution in [2.24, 2.45) is 0 Å². The molecule has 0 unspecified atom stereocenters. The quantitative estimate of drug-likeness (QED) is 0.631. The zero-order valence-electron chi connectivity index (χ0n) is 10.0. The number of benzene rings is 1. The second-order valence-corrected chi connectivity index (χ2v) is 5.13. The molecule has 0 aliphatic carbocycles. The number of ketones is 1. The van der Waals surface area contributed by atoms with Gasteiger partial charge in [-0.2, -0.15) is 0 Å². The molecule has 1 aliphatic rings. The maximum atomic E-state index is 13.2. The number of halogens is 2. The molecular weight excluding hydrogens is 301 g/mol. The summed E-state index contributed by atoms with van der Waals surface area (Å²) in [6, 6.07) is 2.40. The lowest BCUT2D eigenvalue weighted by Crippen LogP contribution is -2.30. The van der Waals surface area contributed by atoms with Crippen molar-refractivity contribution < 1.29 is 14.0 Å². The van der Waals surface area contributed by atoms with E-state index in [0.29, 0.717) is 16.7 Å². The van der Waals surface area contributed by atoms with Gasteiger partial charge >= 0.3 is 0 Å². The first-order valence-electron chi connectivity index (χ1n) is 5.91. The fraction of sp³-hybridized carbons (Fsp3) is 0.385. The van der Waals surface area contributed by atoms with Crippen LogP contribution in [0, 0.1) is 5.82 Å². The van der Waals surface area contributed by atoms with Crippen LogP contribution in [0.15, 0.2) is 16.6 Å². The first kappa shape index (κ1) is 13.2. The van der Waals surface area contributed by atoms with Gasteiger partial charge in [-0.05, 0) is 34.5 Å². The van der Waals surface area contributed by atoms with Crippen molar-refractivity contribution in [3.05, 3.63) is 28.0 Å². The fourth-order valence-corrected chi connectivity index (χ4v) is 2.73. The summed E-state index contributed by atoms with van der Waals surface area (Å²) in [6.45, 7) is 2.56. The van der Waals surface area contributed by atoms with E-state index in [1.807, 2.05) is 0 Å². The maximum absolute atomic E-state index is 13.2. The summed E-state index contributed by atoms with van der Waals surface area (Å²) in [4.78, 5) is 25.1. The van der Waals surface area contributed by atoms with E-state index < -0.39 is 17.5 Å². The first-order chi connectivity index (χ1) is 8.56. The van der Waals surface area contributed by atoms with Crippen LogP contribution in [0.5, 0.6) is 0 Å². The molecule has 18 heavy (non-hydrogen) atoms. The molecule has 0 saturated heterocycles. The van der Waals surface area contributed by atoms with Crippen molar-refractivity contribution in [2.45, 2.75) is 26.2 Å². The summed E-state index contributed by atoms with van der Waals surface area (Å²) in [6.07, 6.45) is 2.86. The molecule has 3 nitrogen and oxygen atoms in total. The monoisotopic (exact) mass is 313 g/mol. The smallest absolute Gasteiger partial charge is 0.299 e. The van der Waals surface area contributed by atoms with E-state index in [9.17, 15) is 14.0 Å². The molecule has 0 atom stereocenters. The summed E-state index contributed by atoms with van der Waals surface area (Å²) in [7, 11) is 0. The van der Waals surface area contributed by atoms with Crippen LogP contribution in [-0.2, 0) is 4.79 Å². The highest BCUT2D eigenvalue weighted by Gasteiger charge is 2.37. The van der Waals surface area contributed by atoms with Crippen LogP contribution in [0.2, 0.25) is 0 Å². The van der Waals surface area contributed by atoms with E-state index in [4.69, 9.17) is 0 Å². The van der Waals surface area contributed by atoms with E-state index in [0.717, 1.165) is 25.3 Å². The third kappa shape index (κ3) is 2.19. The molecule has 5 heteroatoms. The van der Waals surface area contributed by atoms with E-state index in [2.05, 4.69) is 22.9 Å². The van der Waals surface area contributed by atoms with Gasteiger partial charge in [0.25, 0.3) is 11.7 Å². The van der Waals surface area contributed by atoms with Crippen molar-refractivity contribution in [2.75, 3.05) is 11.4 Å². The van der Waals surface area contributed by atoms with Crippen LogP contribution in [0.25, 0.3) is 0 Å². The maximum Gasteiger partial charge on any atom is 0.299 e. The number of rotatable bonds is 4. The number of anilines is 1. The Labute approximate surface area is 113 Å². The summed E-state index contributed by atoms with van der Waals surface area (Å²) in [5, 5.41) is 0. The van der Waals surface area contributed by atoms with E-state index in [-0.39, 0.29) is 5.56 Å². The zero-order chi connectivity index (χ0) is 13.3. The summed E-state index contributed by atoms with van der Waals surface area (Å²) < 4.78 is 13.7. The van der Waals surface area contributed by atoms with Gasteiger partial charge in [-0.25, -0.2) is 4.39 Å². The lowest BCUT2D eigenvalue weighted by atomic mass is 10.1. The van der Waals surface area contributed by atoms with Gasteiger partial charge in [0.2, 0.25) is 0 Å². The fourth-order valence-electron chi connectivity index (χ4n) is 2.09. The van der Waals surface area contributed by atoms with Crippen molar-refractivity contribution in [1.29, 1.82) is 0 Å². The number of fused-ring (bicyclic) bond motifs is 1. The molecule has 1 aromatic carbocycles. The van der Waals surface area contributed by atoms with Gasteiger partial charge in [0, 0.05) is 11.0 Å². The van der Waals surface area contributed by atoms with Gasteiger partial charge in [-0.15, -0.1) is 0 Å². The minimum atomic E-state index is -0.623. The molecule has 1 amide bonds. The SMILES string of the molecule is CCCCCN1C(=O)C(=O)c2cc(F)cc(Br)c21. The second kappa shape index (κ2) is 5.18. The normalized spacial score (nSPS) is 14.3. The highest BCUT2D eigenvalue weighted by molar-refractivity contribution is 9.10. The molecule has 1 aromatic rings. The lowest BCUT2D eigenvalue weighted by Gasteiger charge is -2.17. The minimum absolute atomic E-state index is 0.156. The van der Waals surface area contributed by atoms with E-state index >= 15 is 0 Å². The van der Waals surface area contributed by atoms with Crippen LogP contribution < -0.4 is 4.90 Å². The van der Waals surface area contributed by atoms with Gasteiger partial charge in [0.05, 0.1) is 11.3 Å². The van der Waals surface area contributed by atoms with Gasteiger partial charge in [0.1, 0.15) is 5.82 Å². The number of carbonyl (C=O) groups excluding carboxylic acids is 2. The predicted octanol–water partition coefficient (Wildman–Crippen LogP) is 3.31. The minimum Gasteiger partial charge on any atom is -0.304 e. The molecule has 0 spiro atoms. The number of hydrogen-bond acceptors (Lipinski definition) is 2. The highest BCUT2D eigenvalue weighted by atomic mass is 79.9. The third-order valence-corrected chi connectivity index (χ3v) is 3.57. The Morgan fingerprint density at radius 1 is 1.28 bits per heavy atom. The van der Waals surface area contributed by atoms with Crippen molar-refractivity contribution in [1.82, 2.24) is 0 Å². The summed E-state index contributed by atoms with van der Waals surface area (Å²) >= 11 is 3.22. The Hall–Kier alpha value is -1.23. The van der Waals surface area contributed by atoms with Crippen LogP contribution in [0.3, 0.4) is 0 Å². The predicted molar refractivity (Wildman–Crippen MR) is 70.3 cm³/mol. The van der Waals surface area contributed by atoms with Crippen LogP contribution in [0.1, 0.15) is 36.5 Å². The molecule has 1 aliphatic heterocycles. The number of unbranched alkanes of at least 4 members (excludes halogenated alkanes) is 2. The number of nitrogens with zero attached hydrogens (tertiary/aromatic N) is 1. The van der Waals surface area contributed by atoms with Crippen molar-refractivity contribution in [3.8, 4) is 0 Å². The van der Waals surface area contributed by atoms with Crippen molar-refractivity contribution >= 4 is 33.3 Å². The molecule has 0 aromatic heterocycles. The van der Waals surface area contributed by atoms with Crippen molar-refractivity contribution in [3.63, 3.8) is 0 Å². The average Bonchev–Trinajstić information content (AvgIpc) is 2.55. The number of Topliss-reactive ketones (excluding diaryl/α,β-unsaturated/α-hetero) is 1. The average molecular weight is 314 g/mol. The van der Waals surface area contributed by atoms with Gasteiger partial charge < -0.3 is 4.90 Å². The number of amides is 1. The Morgan fingerprint density at radius 3 is 2.67 bits per heavy atom. The first-order valence-corrected chi connectivity index (χ1v) is 6.70. The van der Waals surface area contributed by atoms with Crippen LogP contribution in [-0.4, -0.2) is 18.2 Å². The standard InChI is InChI=1S/C13H13BrFNO2/c1-2-3-4-5-16-11-9(12(17)13(16)18)6-8(15)7-10(11)14/h6-7H,2-5H2,1H3. The molecule has 0 fully saturated rings. The Kier molecular flexibility index (Phi) is 3.80. The van der Waals surface area contributed by atoms with Gasteiger partial charge in [-0.3, -0.25) is 9.59 Å². The van der Waals surface area contributed by atoms with Gasteiger partial charge in [-0.1, -0.05) is 19.8 Å². The molecule has 2 rings (SSSR count). The molecule has 0 radical (unpaired) electrons. The molecule has 1 heterocycles. The molecule has 0 bridgehead atoms. The summed E-state index contributed by atoms with van der Waals surface area (Å²) in [5.74, 6) is -1.70.